The van der Waals surface area contributed by atoms with Crippen molar-refractivity contribution in [2.45, 2.75) is 26.1 Å². The number of hydrogen-bond donors (Lipinski definition) is 2. The molecule has 3 aromatic rings. The van der Waals surface area contributed by atoms with Gasteiger partial charge in [0.25, 0.3) is 0 Å². The lowest BCUT2D eigenvalue weighted by molar-refractivity contribution is 0.147. The third-order valence-corrected chi connectivity index (χ3v) is 5.87. The van der Waals surface area contributed by atoms with E-state index in [1.165, 1.54) is 0 Å². The first-order valence-electron chi connectivity index (χ1n) is 10.9. The summed E-state index contributed by atoms with van der Waals surface area (Å²) in [5, 5.41) is 14.6. The topological polar surface area (TPSA) is 64.5 Å². The van der Waals surface area contributed by atoms with Crippen LogP contribution in [0.3, 0.4) is 0 Å². The molecule has 4 rings (SSSR count). The zero-order valence-corrected chi connectivity index (χ0v) is 18.3. The van der Waals surface area contributed by atoms with Crippen molar-refractivity contribution in [2.24, 2.45) is 0 Å². The molecule has 1 fully saturated rings. The van der Waals surface area contributed by atoms with E-state index >= 15 is 0 Å². The van der Waals surface area contributed by atoms with Crippen LogP contribution < -0.4 is 5.32 Å². The molecular formula is C25H31N5O. The lowest BCUT2D eigenvalue weighted by Crippen LogP contribution is -2.43. The van der Waals surface area contributed by atoms with Gasteiger partial charge in [0.05, 0.1) is 17.4 Å². The minimum absolute atomic E-state index is 0.150. The summed E-state index contributed by atoms with van der Waals surface area (Å²) in [6.45, 7) is 7.58. The van der Waals surface area contributed by atoms with Crippen molar-refractivity contribution in [3.8, 4) is 5.75 Å². The summed E-state index contributed by atoms with van der Waals surface area (Å²) in [6, 6.07) is 15.8. The lowest BCUT2D eigenvalue weighted by Gasteiger charge is -2.32. The van der Waals surface area contributed by atoms with Gasteiger partial charge in [0, 0.05) is 62.8 Å². The third kappa shape index (κ3) is 5.47. The number of nitrogens with zero attached hydrogens (tertiary/aromatic N) is 4. The summed E-state index contributed by atoms with van der Waals surface area (Å²) < 4.78 is 0. The predicted octanol–water partition coefficient (Wildman–Crippen LogP) is 3.12. The quantitative estimate of drug-likeness (QED) is 0.616. The molecule has 2 N–H and O–H groups in total. The van der Waals surface area contributed by atoms with Crippen LogP contribution in [-0.4, -0.2) is 58.1 Å². The Labute approximate surface area is 184 Å². The van der Waals surface area contributed by atoms with E-state index in [2.05, 4.69) is 51.2 Å². The molecule has 0 atom stereocenters. The SMILES string of the molecule is Cc1cc(CNC(c2ccccn2)c2ccccn2)c(O)c(CN2CCN(C)CC2)c1. The standard InChI is InChI=1S/C25H31N5O/c1-19-15-20(25(31)21(16-19)18-30-13-11-29(2)12-14-30)17-28-24(22-7-3-5-9-26-22)23-8-4-6-10-27-23/h3-10,15-16,24,28,31H,11-14,17-18H2,1-2H3. The summed E-state index contributed by atoms with van der Waals surface area (Å²) in [5.41, 5.74) is 4.87. The maximum atomic E-state index is 11.0. The third-order valence-electron chi connectivity index (χ3n) is 5.87. The number of nitrogens with one attached hydrogen (secondary N) is 1. The van der Waals surface area contributed by atoms with E-state index in [1.807, 2.05) is 36.4 Å². The van der Waals surface area contributed by atoms with Gasteiger partial charge in [0.15, 0.2) is 0 Å². The van der Waals surface area contributed by atoms with Gasteiger partial charge in [-0.15, -0.1) is 0 Å². The average Bonchev–Trinajstić information content (AvgIpc) is 2.80. The second-order valence-corrected chi connectivity index (χ2v) is 8.33. The van der Waals surface area contributed by atoms with Gasteiger partial charge in [-0.3, -0.25) is 20.2 Å². The fraction of sp³-hybridized carbons (Fsp3) is 0.360. The Morgan fingerprint density at radius 3 is 2.13 bits per heavy atom. The summed E-state index contributed by atoms with van der Waals surface area (Å²) in [7, 11) is 2.16. The number of pyridine rings is 2. The van der Waals surface area contributed by atoms with Gasteiger partial charge in [0.1, 0.15) is 5.75 Å². The van der Waals surface area contributed by atoms with E-state index in [9.17, 15) is 5.11 Å². The molecule has 1 saturated heterocycles. The van der Waals surface area contributed by atoms with Crippen LogP contribution in [0.5, 0.6) is 5.75 Å². The second kappa shape index (κ2) is 10.0. The van der Waals surface area contributed by atoms with Crippen LogP contribution in [0.2, 0.25) is 0 Å². The van der Waals surface area contributed by atoms with Crippen molar-refractivity contribution in [2.75, 3.05) is 33.2 Å². The molecule has 6 heteroatoms. The zero-order chi connectivity index (χ0) is 21.6. The molecule has 0 bridgehead atoms. The van der Waals surface area contributed by atoms with E-state index in [1.54, 1.807) is 12.4 Å². The van der Waals surface area contributed by atoms with Crippen LogP contribution in [-0.2, 0) is 13.1 Å². The number of phenols is 1. The number of likely N-dealkylation sites (N-methyl/N-ethyl adjacent to an activating group) is 1. The highest BCUT2D eigenvalue weighted by Crippen LogP contribution is 2.28. The molecule has 0 amide bonds. The number of aryl methyl sites for hydroxylation is 1. The minimum atomic E-state index is -0.150. The highest BCUT2D eigenvalue weighted by molar-refractivity contribution is 5.43. The Hall–Kier alpha value is -2.80. The normalized spacial score (nSPS) is 15.5. The summed E-state index contributed by atoms with van der Waals surface area (Å²) >= 11 is 0. The fourth-order valence-corrected chi connectivity index (χ4v) is 4.10. The predicted molar refractivity (Wildman–Crippen MR) is 123 cm³/mol. The van der Waals surface area contributed by atoms with Gasteiger partial charge < -0.3 is 10.0 Å². The van der Waals surface area contributed by atoms with Crippen LogP contribution in [0, 0.1) is 6.92 Å². The number of benzene rings is 1. The Bertz CT molecular complexity index is 932. The van der Waals surface area contributed by atoms with Gasteiger partial charge in [0.2, 0.25) is 0 Å². The summed E-state index contributed by atoms with van der Waals surface area (Å²) in [5.74, 6) is 0.387. The Morgan fingerprint density at radius 1 is 0.935 bits per heavy atom. The van der Waals surface area contributed by atoms with Gasteiger partial charge in [-0.05, 0) is 38.2 Å². The molecular weight excluding hydrogens is 386 g/mol. The maximum absolute atomic E-state index is 11.0. The molecule has 0 spiro atoms. The number of aromatic nitrogens is 2. The van der Waals surface area contributed by atoms with Crippen molar-refractivity contribution in [3.63, 3.8) is 0 Å². The number of aromatic hydroxyl groups is 1. The Kier molecular flexibility index (Phi) is 6.92. The van der Waals surface area contributed by atoms with Gasteiger partial charge >= 0.3 is 0 Å². The maximum Gasteiger partial charge on any atom is 0.124 e. The molecule has 3 heterocycles. The second-order valence-electron chi connectivity index (χ2n) is 8.33. The van der Waals surface area contributed by atoms with Crippen molar-refractivity contribution in [1.29, 1.82) is 0 Å². The first-order chi connectivity index (χ1) is 15.1. The van der Waals surface area contributed by atoms with Crippen molar-refractivity contribution in [3.05, 3.63) is 89.0 Å². The highest BCUT2D eigenvalue weighted by Gasteiger charge is 2.19. The fourth-order valence-electron chi connectivity index (χ4n) is 4.10. The van der Waals surface area contributed by atoms with Crippen LogP contribution in [0.1, 0.15) is 34.1 Å². The van der Waals surface area contributed by atoms with Gasteiger partial charge in [-0.2, -0.15) is 0 Å². The molecule has 0 saturated carbocycles. The molecule has 0 radical (unpaired) electrons. The van der Waals surface area contributed by atoms with Gasteiger partial charge in [-0.1, -0.05) is 29.8 Å². The van der Waals surface area contributed by atoms with E-state index in [0.717, 1.165) is 60.8 Å². The van der Waals surface area contributed by atoms with Crippen molar-refractivity contribution in [1.82, 2.24) is 25.1 Å². The lowest BCUT2D eigenvalue weighted by atomic mass is 10.0. The van der Waals surface area contributed by atoms with Crippen LogP contribution in [0.25, 0.3) is 0 Å². The monoisotopic (exact) mass is 417 g/mol. The van der Waals surface area contributed by atoms with Crippen LogP contribution in [0.4, 0.5) is 0 Å². The van der Waals surface area contributed by atoms with Crippen LogP contribution >= 0.6 is 0 Å². The van der Waals surface area contributed by atoms with E-state index in [0.29, 0.717) is 12.3 Å². The summed E-state index contributed by atoms with van der Waals surface area (Å²) in [6.07, 6.45) is 3.59. The van der Waals surface area contributed by atoms with Crippen molar-refractivity contribution >= 4 is 0 Å². The zero-order valence-electron chi connectivity index (χ0n) is 18.3. The molecule has 1 aromatic carbocycles. The Morgan fingerprint density at radius 2 is 1.55 bits per heavy atom. The Balaban J connectivity index is 1.53. The number of phenolic OH excluding ortho intramolecular Hbond substituents is 1. The van der Waals surface area contributed by atoms with Gasteiger partial charge in [-0.25, -0.2) is 0 Å². The highest BCUT2D eigenvalue weighted by atomic mass is 16.3. The number of piperazine rings is 1. The first-order valence-corrected chi connectivity index (χ1v) is 10.9. The average molecular weight is 418 g/mol. The molecule has 2 aromatic heterocycles. The summed E-state index contributed by atoms with van der Waals surface area (Å²) in [4.78, 5) is 13.8. The smallest absolute Gasteiger partial charge is 0.124 e. The minimum Gasteiger partial charge on any atom is -0.507 e. The molecule has 1 aliphatic heterocycles. The van der Waals surface area contributed by atoms with E-state index in [4.69, 9.17) is 0 Å². The molecule has 0 unspecified atom stereocenters. The van der Waals surface area contributed by atoms with Crippen molar-refractivity contribution < 1.29 is 5.11 Å². The molecule has 162 valence electrons. The van der Waals surface area contributed by atoms with E-state index in [-0.39, 0.29) is 6.04 Å². The first kappa shape index (κ1) is 21.4. The molecule has 6 nitrogen and oxygen atoms in total. The largest absolute Gasteiger partial charge is 0.507 e. The molecule has 0 aliphatic carbocycles. The number of hydrogen-bond acceptors (Lipinski definition) is 6. The van der Waals surface area contributed by atoms with Crippen LogP contribution in [0.15, 0.2) is 60.9 Å². The number of rotatable bonds is 7. The molecule has 31 heavy (non-hydrogen) atoms. The van der Waals surface area contributed by atoms with E-state index < -0.39 is 0 Å². The molecule has 1 aliphatic rings.